The average Bonchev–Trinajstić information content (AvgIpc) is 3.45. The number of urea groups is 1. The van der Waals surface area contributed by atoms with E-state index in [-0.39, 0.29) is 39.5 Å². The second-order valence-electron chi connectivity index (χ2n) is 13.2. The molecule has 12 nitrogen and oxygen atoms in total. The summed E-state index contributed by atoms with van der Waals surface area (Å²) >= 11 is 0. The molecular weight excluding hydrogens is 594 g/mol. The number of nitrogens with zero attached hydrogens (tertiary/aromatic N) is 6. The van der Waals surface area contributed by atoms with Gasteiger partial charge in [-0.1, -0.05) is 45.0 Å². The molecule has 3 aromatic heterocycles. The van der Waals surface area contributed by atoms with Crippen molar-refractivity contribution in [1.29, 1.82) is 0 Å². The maximum absolute atomic E-state index is 13.4. The van der Waals surface area contributed by atoms with Gasteiger partial charge in [0.05, 0.1) is 12.2 Å². The van der Waals surface area contributed by atoms with Crippen molar-refractivity contribution in [3.05, 3.63) is 77.2 Å². The summed E-state index contributed by atoms with van der Waals surface area (Å²) in [4.78, 5) is 35.1. The highest BCUT2D eigenvalue weighted by molar-refractivity contribution is 5.95. The number of hydrogen-bond donors (Lipinski definition) is 3. The summed E-state index contributed by atoms with van der Waals surface area (Å²) < 4.78 is 8.53. The van der Waals surface area contributed by atoms with E-state index in [0.29, 0.717) is 37.3 Å². The minimum absolute atomic E-state index is 0. The molecule has 2 atom stereocenters. The third-order valence-electron chi connectivity index (χ3n) is 8.35. The van der Waals surface area contributed by atoms with Crippen LogP contribution in [0.3, 0.4) is 0 Å². The zero-order valence-electron chi connectivity index (χ0n) is 28.5. The van der Waals surface area contributed by atoms with Crippen LogP contribution >= 0.6 is 0 Å². The number of amides is 3. The Morgan fingerprint density at radius 2 is 1.77 bits per heavy atom. The number of carbonyl (C=O) groups is 2. The van der Waals surface area contributed by atoms with Crippen LogP contribution in [0.5, 0.6) is 5.75 Å². The molecule has 256 valence electrons. The minimum atomic E-state index is -0.351. The molecule has 1 aliphatic rings. The zero-order valence-corrected chi connectivity index (χ0v) is 28.5. The molecule has 3 amide bonds. The van der Waals surface area contributed by atoms with Crippen LogP contribution in [-0.2, 0) is 5.41 Å². The molecule has 0 spiro atoms. The maximum Gasteiger partial charge on any atom is 0.319 e. The molecule has 5 rings (SSSR count). The fourth-order valence-electron chi connectivity index (χ4n) is 5.75. The van der Waals surface area contributed by atoms with E-state index in [1.54, 1.807) is 6.07 Å². The Labute approximate surface area is 281 Å². The highest BCUT2D eigenvalue weighted by atomic mass is 16.5. The predicted molar refractivity (Wildman–Crippen MR) is 191 cm³/mol. The van der Waals surface area contributed by atoms with Gasteiger partial charge in [0.15, 0.2) is 5.65 Å². The van der Waals surface area contributed by atoms with Crippen LogP contribution in [0.2, 0.25) is 0 Å². The van der Waals surface area contributed by atoms with Gasteiger partial charge in [-0.05, 0) is 76.2 Å². The molecule has 0 radical (unpaired) electrons. The number of fused-ring (bicyclic) bond motifs is 2. The number of nitrogens with one attached hydrogen (secondary N) is 3. The molecule has 0 fully saturated rings. The van der Waals surface area contributed by atoms with Gasteiger partial charge in [0, 0.05) is 47.3 Å². The molecule has 0 bridgehead atoms. The van der Waals surface area contributed by atoms with Gasteiger partial charge in [-0.2, -0.15) is 0 Å². The lowest BCUT2D eigenvalue weighted by atomic mass is 9.85. The fraction of sp³-hybridized carbons (Fsp3) is 0.457. The van der Waals surface area contributed by atoms with E-state index in [9.17, 15) is 9.59 Å². The number of benzene rings is 1. The van der Waals surface area contributed by atoms with Crippen LogP contribution < -0.4 is 25.6 Å². The number of ether oxygens (including phenoxy) is 1. The van der Waals surface area contributed by atoms with Crippen molar-refractivity contribution in [3.8, 4) is 5.75 Å². The van der Waals surface area contributed by atoms with Crippen molar-refractivity contribution in [2.45, 2.75) is 65.0 Å². The Morgan fingerprint density at radius 3 is 2.47 bits per heavy atom. The quantitative estimate of drug-likeness (QED) is 0.179. The molecular formula is C35H53N9O3. The molecule has 0 saturated heterocycles. The number of hydrogen-bond acceptors (Lipinski definition) is 8. The monoisotopic (exact) mass is 647 g/mol. The third-order valence-corrected chi connectivity index (χ3v) is 8.35. The van der Waals surface area contributed by atoms with Crippen molar-refractivity contribution in [1.82, 2.24) is 35.1 Å². The summed E-state index contributed by atoms with van der Waals surface area (Å²) in [6, 6.07) is 14.8. The first-order valence-electron chi connectivity index (χ1n) is 16.3. The van der Waals surface area contributed by atoms with Gasteiger partial charge in [-0.3, -0.25) is 9.20 Å². The zero-order chi connectivity index (χ0) is 33.7. The number of likely N-dealkylation sites (N-methyl/N-ethyl adjacent to an activating group) is 1. The number of anilines is 2. The Balaban J connectivity index is 0.00000289. The van der Waals surface area contributed by atoms with Gasteiger partial charge in [0.1, 0.15) is 17.5 Å². The average molecular weight is 648 g/mol. The molecule has 1 aromatic carbocycles. The van der Waals surface area contributed by atoms with Crippen LogP contribution in [0.15, 0.2) is 54.7 Å². The second kappa shape index (κ2) is 14.4. The summed E-state index contributed by atoms with van der Waals surface area (Å²) in [6.45, 7) is 13.1. The van der Waals surface area contributed by atoms with Gasteiger partial charge in [-0.25, -0.2) is 9.78 Å². The minimum Gasteiger partial charge on any atom is -0.484 e. The van der Waals surface area contributed by atoms with E-state index in [0.717, 1.165) is 41.6 Å². The molecule has 1 aliphatic carbocycles. The number of pyridine rings is 2. The highest BCUT2D eigenvalue weighted by Gasteiger charge is 2.30. The lowest BCUT2D eigenvalue weighted by Gasteiger charge is -2.32. The largest absolute Gasteiger partial charge is 0.484 e. The lowest BCUT2D eigenvalue weighted by Crippen LogP contribution is -2.36. The van der Waals surface area contributed by atoms with Crippen LogP contribution in [0.1, 0.15) is 91.2 Å². The first-order chi connectivity index (χ1) is 22.5. The van der Waals surface area contributed by atoms with E-state index in [4.69, 9.17) is 4.74 Å². The molecule has 0 saturated carbocycles. The van der Waals surface area contributed by atoms with Gasteiger partial charge in [0.2, 0.25) is 5.95 Å². The maximum atomic E-state index is 13.4. The van der Waals surface area contributed by atoms with Gasteiger partial charge in [0.25, 0.3) is 5.91 Å². The van der Waals surface area contributed by atoms with Gasteiger partial charge < -0.3 is 30.5 Å². The van der Waals surface area contributed by atoms with Crippen LogP contribution in [0.4, 0.5) is 16.4 Å². The molecule has 12 heteroatoms. The number of carbonyl (C=O) groups excluding carboxylic acids is 2. The van der Waals surface area contributed by atoms with Crippen molar-refractivity contribution in [2.24, 2.45) is 0 Å². The van der Waals surface area contributed by atoms with Gasteiger partial charge >= 0.3 is 6.03 Å². The third kappa shape index (κ3) is 7.99. The van der Waals surface area contributed by atoms with Crippen LogP contribution in [0, 0.1) is 0 Å². The topological polar surface area (TPSA) is 129 Å². The van der Waals surface area contributed by atoms with Crippen molar-refractivity contribution in [3.63, 3.8) is 0 Å². The number of aromatic nitrogens is 4. The molecule has 0 aliphatic heterocycles. The van der Waals surface area contributed by atoms with E-state index in [2.05, 4.69) is 55.9 Å². The molecule has 47 heavy (non-hydrogen) atoms. The normalized spacial score (nSPS) is 16.1. The summed E-state index contributed by atoms with van der Waals surface area (Å²) in [5.74, 6) is 1.24. The SMILES string of the molecule is CCN(CC)c1nnc2ccc(O[C@@H]3CC[C@H](NC(=O)Nc4cc(C(=O)NCCN(C)C)nc(C(C)(C)C)c4)c4ccccc43)cn12.[HH].[HH].[HH]. The molecule has 3 heterocycles. The molecule has 3 N–H and O–H groups in total. The summed E-state index contributed by atoms with van der Waals surface area (Å²) in [5.41, 5.74) is 3.98. The second-order valence-corrected chi connectivity index (χ2v) is 13.2. The van der Waals surface area contributed by atoms with E-state index < -0.39 is 0 Å². The van der Waals surface area contributed by atoms with Crippen molar-refractivity contribution >= 4 is 29.2 Å². The summed E-state index contributed by atoms with van der Waals surface area (Å²) in [5, 5.41) is 17.7. The first-order valence-corrected chi connectivity index (χ1v) is 16.3. The van der Waals surface area contributed by atoms with Crippen molar-refractivity contribution in [2.75, 3.05) is 50.5 Å². The Bertz CT molecular complexity index is 1720. The van der Waals surface area contributed by atoms with Crippen LogP contribution in [0.25, 0.3) is 5.65 Å². The smallest absolute Gasteiger partial charge is 0.319 e. The Hall–Kier alpha value is -4.71. The van der Waals surface area contributed by atoms with E-state index in [1.165, 1.54) is 0 Å². The van der Waals surface area contributed by atoms with E-state index >= 15 is 0 Å². The standard InChI is InChI=1S/C35H47N9O3.3H2/c1-8-43(9-2)34-41-40-31-17-14-24(22-44(31)34)47-29-16-15-27(25-12-10-11-13-26(25)29)39-33(46)37-23-20-28(32(45)36-18-19-42(6)7)38-30(21-23)35(3,4)5;;;/h10-14,17,20-22,27,29H,8-9,15-16,18-19H2,1-7H3,(H,36,45)(H2,37,38,39,46);3*1H/t27-,29+;;;/m0.../s1. The molecule has 4 aromatic rings. The van der Waals surface area contributed by atoms with E-state index in [1.807, 2.05) is 86.8 Å². The predicted octanol–water partition coefficient (Wildman–Crippen LogP) is 6.07. The number of rotatable bonds is 11. The highest BCUT2D eigenvalue weighted by Crippen LogP contribution is 2.39. The van der Waals surface area contributed by atoms with Crippen LogP contribution in [-0.4, -0.2) is 76.7 Å². The molecule has 0 unspecified atom stereocenters. The summed E-state index contributed by atoms with van der Waals surface area (Å²) in [7, 11) is 3.90. The lowest BCUT2D eigenvalue weighted by molar-refractivity contribution is 0.0945. The Kier molecular flexibility index (Phi) is 10.3. The fourth-order valence-corrected chi connectivity index (χ4v) is 5.75. The van der Waals surface area contributed by atoms with Gasteiger partial charge in [-0.15, -0.1) is 10.2 Å². The Morgan fingerprint density at radius 1 is 1.02 bits per heavy atom. The first kappa shape index (κ1) is 33.6. The summed E-state index contributed by atoms with van der Waals surface area (Å²) in [6.07, 6.45) is 3.17. The van der Waals surface area contributed by atoms with Crippen molar-refractivity contribution < 1.29 is 18.6 Å².